The number of morpholine rings is 1. The molecule has 0 radical (unpaired) electrons. The maximum atomic E-state index is 13.7. The lowest BCUT2D eigenvalue weighted by Gasteiger charge is -2.27. The molecule has 2 aromatic carbocycles. The van der Waals surface area contributed by atoms with Gasteiger partial charge in [-0.15, -0.1) is 12.4 Å². The molecule has 2 heterocycles. The Kier molecular flexibility index (Phi) is 9.85. The zero-order valence-corrected chi connectivity index (χ0v) is 21.4. The Bertz CT molecular complexity index is 1170. The van der Waals surface area contributed by atoms with E-state index >= 15 is 0 Å². The number of methoxy groups -OCH3 is 2. The average molecular weight is 522 g/mol. The molecule has 0 bridgehead atoms. The van der Waals surface area contributed by atoms with Crippen LogP contribution in [0.2, 0.25) is 0 Å². The summed E-state index contributed by atoms with van der Waals surface area (Å²) in [4.78, 5) is 21.9. The highest BCUT2D eigenvalue weighted by Gasteiger charge is 2.19. The van der Waals surface area contributed by atoms with Gasteiger partial charge in [0.2, 0.25) is 0 Å². The van der Waals surface area contributed by atoms with Crippen LogP contribution in [0.4, 0.5) is 9.52 Å². The van der Waals surface area contributed by atoms with Gasteiger partial charge in [0.15, 0.2) is 16.6 Å². The zero-order valence-electron chi connectivity index (χ0n) is 19.7. The molecule has 1 amide bonds. The molecule has 35 heavy (non-hydrogen) atoms. The number of hydrogen-bond donors (Lipinski definition) is 0. The number of rotatable bonds is 9. The van der Waals surface area contributed by atoms with Crippen LogP contribution in [0.25, 0.3) is 16.3 Å². The third kappa shape index (κ3) is 6.91. The number of anilines is 1. The third-order valence-electron chi connectivity index (χ3n) is 5.62. The second kappa shape index (κ2) is 12.8. The van der Waals surface area contributed by atoms with Gasteiger partial charge in [0.05, 0.1) is 37.6 Å². The van der Waals surface area contributed by atoms with E-state index in [-0.39, 0.29) is 24.1 Å². The molecule has 188 valence electrons. The van der Waals surface area contributed by atoms with E-state index in [0.717, 1.165) is 44.8 Å². The predicted octanol–water partition coefficient (Wildman–Crippen LogP) is 4.64. The number of aromatic nitrogens is 1. The first-order valence-corrected chi connectivity index (χ1v) is 12.0. The number of carbonyl (C=O) groups excluding carboxylic acids is 1. The minimum Gasteiger partial charge on any atom is -0.493 e. The quantitative estimate of drug-likeness (QED) is 0.382. The first-order valence-electron chi connectivity index (χ1n) is 11.1. The van der Waals surface area contributed by atoms with Gasteiger partial charge in [0.25, 0.3) is 5.91 Å². The van der Waals surface area contributed by atoms with Gasteiger partial charge in [-0.3, -0.25) is 14.6 Å². The van der Waals surface area contributed by atoms with Gasteiger partial charge in [-0.05, 0) is 48.4 Å². The molecule has 3 aromatic rings. The topological polar surface area (TPSA) is 64.1 Å². The van der Waals surface area contributed by atoms with E-state index in [1.54, 1.807) is 37.3 Å². The van der Waals surface area contributed by atoms with E-state index in [0.29, 0.717) is 33.4 Å². The molecular weight excluding hydrogens is 493 g/mol. The van der Waals surface area contributed by atoms with Gasteiger partial charge < -0.3 is 14.2 Å². The molecule has 7 nitrogen and oxygen atoms in total. The van der Waals surface area contributed by atoms with E-state index in [2.05, 4.69) is 9.88 Å². The van der Waals surface area contributed by atoms with Crippen LogP contribution in [0.1, 0.15) is 12.0 Å². The Morgan fingerprint density at radius 1 is 1.17 bits per heavy atom. The largest absolute Gasteiger partial charge is 0.493 e. The molecule has 1 fully saturated rings. The SMILES string of the molecule is COc1ccc(/C=C/C(=O)N(CCCN2CCOCC2)c2nc3ccc(F)cc3s2)cc1OC.Cl. The number of benzene rings is 2. The normalized spacial score (nSPS) is 14.1. The Morgan fingerprint density at radius 3 is 2.69 bits per heavy atom. The summed E-state index contributed by atoms with van der Waals surface area (Å²) in [5.74, 6) is 0.711. The Morgan fingerprint density at radius 2 is 1.94 bits per heavy atom. The monoisotopic (exact) mass is 521 g/mol. The highest BCUT2D eigenvalue weighted by atomic mass is 35.5. The van der Waals surface area contributed by atoms with Crippen molar-refractivity contribution in [2.24, 2.45) is 0 Å². The fraction of sp³-hybridized carbons (Fsp3) is 0.360. The van der Waals surface area contributed by atoms with Crippen LogP contribution in [-0.4, -0.2) is 69.4 Å². The van der Waals surface area contributed by atoms with Gasteiger partial charge in [0.1, 0.15) is 5.82 Å². The molecule has 1 aromatic heterocycles. The number of thiazole rings is 1. The molecule has 1 aliphatic heterocycles. The number of ether oxygens (including phenoxy) is 3. The fourth-order valence-corrected chi connectivity index (χ4v) is 4.81. The van der Waals surface area contributed by atoms with Crippen molar-refractivity contribution in [1.82, 2.24) is 9.88 Å². The molecule has 0 N–H and O–H groups in total. The number of fused-ring (bicyclic) bond motifs is 1. The maximum Gasteiger partial charge on any atom is 0.252 e. The van der Waals surface area contributed by atoms with Gasteiger partial charge in [0, 0.05) is 32.3 Å². The molecule has 0 saturated carbocycles. The van der Waals surface area contributed by atoms with E-state index < -0.39 is 0 Å². The smallest absolute Gasteiger partial charge is 0.252 e. The summed E-state index contributed by atoms with van der Waals surface area (Å²) in [6.45, 7) is 4.64. The van der Waals surface area contributed by atoms with Gasteiger partial charge >= 0.3 is 0 Å². The van der Waals surface area contributed by atoms with Crippen molar-refractivity contribution in [2.45, 2.75) is 6.42 Å². The fourth-order valence-electron chi connectivity index (χ4n) is 3.79. The maximum absolute atomic E-state index is 13.7. The second-order valence-corrected chi connectivity index (χ2v) is 8.86. The van der Waals surface area contributed by atoms with Crippen molar-refractivity contribution >= 4 is 51.1 Å². The number of carbonyl (C=O) groups is 1. The summed E-state index contributed by atoms with van der Waals surface area (Å²) >= 11 is 1.32. The van der Waals surface area contributed by atoms with Crippen molar-refractivity contribution in [2.75, 3.05) is 58.5 Å². The van der Waals surface area contributed by atoms with Gasteiger partial charge in [-0.2, -0.15) is 0 Å². The summed E-state index contributed by atoms with van der Waals surface area (Å²) in [6.07, 6.45) is 4.06. The molecule has 1 aliphatic rings. The van der Waals surface area contributed by atoms with Crippen LogP contribution < -0.4 is 14.4 Å². The highest BCUT2D eigenvalue weighted by molar-refractivity contribution is 7.22. The molecular formula is C25H29ClFN3O4S. The summed E-state index contributed by atoms with van der Waals surface area (Å²) in [7, 11) is 3.15. The molecule has 10 heteroatoms. The average Bonchev–Trinajstić information content (AvgIpc) is 3.28. The van der Waals surface area contributed by atoms with E-state index in [1.807, 2.05) is 12.1 Å². The number of nitrogens with zero attached hydrogens (tertiary/aromatic N) is 3. The zero-order chi connectivity index (χ0) is 23.9. The van der Waals surface area contributed by atoms with E-state index in [1.165, 1.54) is 29.5 Å². The van der Waals surface area contributed by atoms with Crippen LogP contribution in [-0.2, 0) is 9.53 Å². The van der Waals surface area contributed by atoms with Crippen molar-refractivity contribution in [3.05, 3.63) is 53.9 Å². The number of hydrogen-bond acceptors (Lipinski definition) is 7. The van der Waals surface area contributed by atoms with Crippen LogP contribution in [0.5, 0.6) is 11.5 Å². The Hall–Kier alpha value is -2.72. The van der Waals surface area contributed by atoms with Crippen LogP contribution in [0.15, 0.2) is 42.5 Å². The number of amides is 1. The van der Waals surface area contributed by atoms with Crippen LogP contribution in [0.3, 0.4) is 0 Å². The summed E-state index contributed by atoms with van der Waals surface area (Å²) in [5, 5.41) is 0.560. The van der Waals surface area contributed by atoms with Crippen molar-refractivity contribution in [3.8, 4) is 11.5 Å². The molecule has 0 unspecified atom stereocenters. The Labute approximate surface area is 214 Å². The second-order valence-electron chi connectivity index (χ2n) is 7.85. The molecule has 1 saturated heterocycles. The Balaban J connectivity index is 0.00000342. The van der Waals surface area contributed by atoms with Crippen LogP contribution >= 0.6 is 23.7 Å². The lowest BCUT2D eigenvalue weighted by molar-refractivity contribution is -0.114. The first kappa shape index (κ1) is 26.9. The van der Waals surface area contributed by atoms with Gasteiger partial charge in [-0.25, -0.2) is 9.37 Å². The third-order valence-corrected chi connectivity index (χ3v) is 6.66. The predicted molar refractivity (Wildman–Crippen MR) is 140 cm³/mol. The number of halogens is 2. The highest BCUT2D eigenvalue weighted by Crippen LogP contribution is 2.30. The minimum atomic E-state index is -0.318. The lowest BCUT2D eigenvalue weighted by atomic mass is 10.2. The lowest BCUT2D eigenvalue weighted by Crippen LogP contribution is -2.39. The van der Waals surface area contributed by atoms with Gasteiger partial charge in [-0.1, -0.05) is 17.4 Å². The van der Waals surface area contributed by atoms with E-state index in [9.17, 15) is 9.18 Å². The van der Waals surface area contributed by atoms with Crippen molar-refractivity contribution in [3.63, 3.8) is 0 Å². The summed E-state index contributed by atoms with van der Waals surface area (Å²) in [6, 6.07) is 9.94. The minimum absolute atomic E-state index is 0. The molecule has 0 atom stereocenters. The van der Waals surface area contributed by atoms with E-state index in [4.69, 9.17) is 14.2 Å². The molecule has 0 aliphatic carbocycles. The molecule has 4 rings (SSSR count). The first-order chi connectivity index (χ1) is 16.6. The molecule has 0 spiro atoms. The summed E-state index contributed by atoms with van der Waals surface area (Å²) in [5.41, 5.74) is 1.49. The summed E-state index contributed by atoms with van der Waals surface area (Å²) < 4.78 is 30.4. The van der Waals surface area contributed by atoms with Crippen molar-refractivity contribution < 1.29 is 23.4 Å². The standard InChI is InChI=1S/C25H28FN3O4S.ClH/c1-31-21-8-4-18(16-22(21)32-2)5-9-24(30)29(11-3-10-28-12-14-33-15-13-28)25-27-20-7-6-19(26)17-23(20)34-25;/h4-9,16-17H,3,10-15H2,1-2H3;1H/b9-5+;. The van der Waals surface area contributed by atoms with Crippen molar-refractivity contribution in [1.29, 1.82) is 0 Å². The van der Waals surface area contributed by atoms with Crippen LogP contribution in [0, 0.1) is 5.82 Å².